The minimum absolute atomic E-state index is 0.0361. The predicted octanol–water partition coefficient (Wildman–Crippen LogP) is 1.96. The number of ether oxygens (including phenoxy) is 2. The molecule has 12 heteroatoms. The van der Waals surface area contributed by atoms with Crippen LogP contribution in [-0.4, -0.2) is 48.3 Å². The lowest BCUT2D eigenvalue weighted by atomic mass is 10.2. The third-order valence-electron chi connectivity index (χ3n) is 4.89. The third-order valence-corrected chi connectivity index (χ3v) is 5.97. The number of anilines is 2. The maximum atomic E-state index is 13.9. The first-order chi connectivity index (χ1) is 16.1. The Morgan fingerprint density at radius 3 is 2.68 bits per heavy atom. The van der Waals surface area contributed by atoms with Gasteiger partial charge in [-0.05, 0) is 24.1 Å². The fourth-order valence-corrected chi connectivity index (χ4v) is 4.30. The number of methoxy groups -OCH3 is 1. The molecule has 2 heterocycles. The van der Waals surface area contributed by atoms with Crippen LogP contribution in [0, 0.1) is 11.7 Å². The van der Waals surface area contributed by atoms with E-state index in [1.165, 1.54) is 29.9 Å². The second-order valence-corrected chi connectivity index (χ2v) is 8.96. The average molecular weight is 493 g/mol. The van der Waals surface area contributed by atoms with Gasteiger partial charge < -0.3 is 15.2 Å². The van der Waals surface area contributed by atoms with Crippen molar-refractivity contribution in [3.63, 3.8) is 0 Å². The molecule has 10 nitrogen and oxygen atoms in total. The van der Waals surface area contributed by atoms with Gasteiger partial charge in [0.2, 0.25) is 0 Å². The number of aromatic nitrogens is 2. The molecule has 1 amide bonds. The number of nitrogens with zero attached hydrogens (tertiary/aromatic N) is 2. The van der Waals surface area contributed by atoms with Crippen molar-refractivity contribution >= 4 is 44.8 Å². The molecule has 0 radical (unpaired) electrons. The van der Waals surface area contributed by atoms with Gasteiger partial charge in [0, 0.05) is 30.3 Å². The molecular weight excluding hydrogens is 467 g/mol. The first-order valence-corrected chi connectivity index (χ1v) is 11.2. The first-order valence-electron chi connectivity index (χ1n) is 10.4. The van der Waals surface area contributed by atoms with E-state index in [1.807, 2.05) is 13.8 Å². The summed E-state index contributed by atoms with van der Waals surface area (Å²) in [6.45, 7) is 3.22. The minimum atomic E-state index is -0.849. The smallest absolute Gasteiger partial charge is 0.348 e. The molecule has 3 N–H and O–H groups in total. The standard InChI is InChI=1S/C22H25FN4O6S/c1-12(2)10-27-19(24)18(20(29)25-22(27)31)26(7-8-32-3)17(28)11-33-21(30)16-9-13-14(23)5-4-6-15(13)34-16/h4-6,9,12H,7-8,10-11,24H2,1-3H3,(H,25,29,31). The number of halogens is 1. The number of H-pyrrole nitrogens is 1. The Morgan fingerprint density at radius 2 is 2.03 bits per heavy atom. The zero-order valence-corrected chi connectivity index (χ0v) is 19.7. The number of aromatic amines is 1. The Balaban J connectivity index is 1.86. The molecule has 0 saturated heterocycles. The summed E-state index contributed by atoms with van der Waals surface area (Å²) in [6.07, 6.45) is 0. The number of carbonyl (C=O) groups is 2. The molecule has 0 unspecified atom stereocenters. The number of amides is 1. The number of fused-ring (bicyclic) bond motifs is 1. The average Bonchev–Trinajstić information content (AvgIpc) is 3.22. The predicted molar refractivity (Wildman–Crippen MR) is 127 cm³/mol. The van der Waals surface area contributed by atoms with Crippen LogP contribution in [0.4, 0.5) is 15.9 Å². The molecule has 2 aromatic heterocycles. The van der Waals surface area contributed by atoms with Crippen LogP contribution in [0.2, 0.25) is 0 Å². The lowest BCUT2D eigenvalue weighted by molar-refractivity contribution is -0.121. The SMILES string of the molecule is COCCN(C(=O)COC(=O)c1cc2c(F)cccc2s1)c1c(N)n(CC(C)C)c(=O)[nH]c1=O. The molecule has 0 saturated carbocycles. The Labute approximate surface area is 197 Å². The molecule has 3 rings (SSSR count). The van der Waals surface area contributed by atoms with Crippen LogP contribution in [0.15, 0.2) is 33.9 Å². The highest BCUT2D eigenvalue weighted by atomic mass is 32.1. The van der Waals surface area contributed by atoms with Crippen LogP contribution in [0.3, 0.4) is 0 Å². The Bertz CT molecular complexity index is 1330. The monoisotopic (exact) mass is 492 g/mol. The maximum Gasteiger partial charge on any atom is 0.348 e. The molecule has 0 aliphatic heterocycles. The molecular formula is C22H25FN4O6S. The number of nitrogen functional groups attached to an aromatic ring is 1. The molecule has 182 valence electrons. The number of nitrogens with two attached hydrogens (primary N) is 1. The van der Waals surface area contributed by atoms with Gasteiger partial charge >= 0.3 is 11.7 Å². The van der Waals surface area contributed by atoms with Gasteiger partial charge in [0.15, 0.2) is 12.3 Å². The van der Waals surface area contributed by atoms with Gasteiger partial charge in [-0.3, -0.25) is 24.0 Å². The fraction of sp³-hybridized carbons (Fsp3) is 0.364. The van der Waals surface area contributed by atoms with Crippen molar-refractivity contribution in [1.82, 2.24) is 9.55 Å². The zero-order chi connectivity index (χ0) is 25.0. The van der Waals surface area contributed by atoms with Crippen LogP contribution >= 0.6 is 11.3 Å². The highest BCUT2D eigenvalue weighted by Crippen LogP contribution is 2.28. The minimum Gasteiger partial charge on any atom is -0.451 e. The van der Waals surface area contributed by atoms with Crippen molar-refractivity contribution in [3.8, 4) is 0 Å². The van der Waals surface area contributed by atoms with Crippen molar-refractivity contribution in [3.05, 3.63) is 55.8 Å². The molecule has 0 spiro atoms. The highest BCUT2D eigenvalue weighted by Gasteiger charge is 2.26. The van der Waals surface area contributed by atoms with Crippen molar-refractivity contribution in [2.24, 2.45) is 5.92 Å². The lowest BCUT2D eigenvalue weighted by Crippen LogP contribution is -2.44. The molecule has 0 fully saturated rings. The van der Waals surface area contributed by atoms with Crippen LogP contribution in [0.5, 0.6) is 0 Å². The molecule has 1 aromatic carbocycles. The number of esters is 1. The van der Waals surface area contributed by atoms with E-state index in [9.17, 15) is 23.6 Å². The van der Waals surface area contributed by atoms with E-state index in [1.54, 1.807) is 6.07 Å². The van der Waals surface area contributed by atoms with E-state index >= 15 is 0 Å². The number of hydrogen-bond donors (Lipinski definition) is 2. The van der Waals surface area contributed by atoms with Crippen LogP contribution in [0.1, 0.15) is 23.5 Å². The molecule has 0 aliphatic carbocycles. The summed E-state index contributed by atoms with van der Waals surface area (Å²) in [5.74, 6) is -2.18. The summed E-state index contributed by atoms with van der Waals surface area (Å²) in [5.41, 5.74) is 4.34. The molecule has 0 atom stereocenters. The second-order valence-electron chi connectivity index (χ2n) is 7.87. The number of thiophene rings is 1. The summed E-state index contributed by atoms with van der Waals surface area (Å²) in [6, 6.07) is 5.83. The van der Waals surface area contributed by atoms with Gasteiger partial charge in [0.25, 0.3) is 11.5 Å². The van der Waals surface area contributed by atoms with Gasteiger partial charge in [0.05, 0.1) is 6.61 Å². The van der Waals surface area contributed by atoms with E-state index in [0.29, 0.717) is 4.70 Å². The topological polar surface area (TPSA) is 137 Å². The molecule has 0 aliphatic rings. The van der Waals surface area contributed by atoms with Crippen molar-refractivity contribution in [2.45, 2.75) is 20.4 Å². The van der Waals surface area contributed by atoms with E-state index < -0.39 is 35.5 Å². The first kappa shape index (κ1) is 25.1. The Kier molecular flexibility index (Phi) is 7.84. The van der Waals surface area contributed by atoms with Gasteiger partial charge in [0.1, 0.15) is 16.5 Å². The van der Waals surface area contributed by atoms with Gasteiger partial charge in [-0.15, -0.1) is 11.3 Å². The van der Waals surface area contributed by atoms with Crippen molar-refractivity contribution in [1.29, 1.82) is 0 Å². The second kappa shape index (κ2) is 10.6. The van der Waals surface area contributed by atoms with Gasteiger partial charge in [-0.1, -0.05) is 19.9 Å². The Morgan fingerprint density at radius 1 is 1.29 bits per heavy atom. The number of rotatable bonds is 9. The van der Waals surface area contributed by atoms with Gasteiger partial charge in [-0.25, -0.2) is 14.0 Å². The quantitative estimate of drug-likeness (QED) is 0.436. The fourth-order valence-electron chi connectivity index (χ4n) is 3.33. The number of nitrogens with one attached hydrogen (secondary N) is 1. The Hall–Kier alpha value is -3.51. The van der Waals surface area contributed by atoms with Gasteiger partial charge in [-0.2, -0.15) is 0 Å². The molecule has 3 aromatic rings. The summed E-state index contributed by atoms with van der Waals surface area (Å²) < 4.78 is 25.8. The number of benzene rings is 1. The summed E-state index contributed by atoms with van der Waals surface area (Å²) in [5, 5.41) is 0.277. The van der Waals surface area contributed by atoms with Crippen LogP contribution in [0.25, 0.3) is 10.1 Å². The normalized spacial score (nSPS) is 11.2. The van der Waals surface area contributed by atoms with E-state index in [0.717, 1.165) is 16.2 Å². The van der Waals surface area contributed by atoms with Crippen LogP contribution in [-0.2, 0) is 20.8 Å². The third kappa shape index (κ3) is 5.34. The summed E-state index contributed by atoms with van der Waals surface area (Å²) >= 11 is 1.03. The van der Waals surface area contributed by atoms with E-state index in [2.05, 4.69) is 4.98 Å². The van der Waals surface area contributed by atoms with Crippen molar-refractivity contribution in [2.75, 3.05) is 37.5 Å². The zero-order valence-electron chi connectivity index (χ0n) is 18.9. The number of hydrogen-bond acceptors (Lipinski definition) is 8. The maximum absolute atomic E-state index is 13.9. The largest absolute Gasteiger partial charge is 0.451 e. The van der Waals surface area contributed by atoms with E-state index in [4.69, 9.17) is 15.2 Å². The van der Waals surface area contributed by atoms with E-state index in [-0.39, 0.29) is 47.4 Å². The summed E-state index contributed by atoms with van der Waals surface area (Å²) in [4.78, 5) is 53.6. The lowest BCUT2D eigenvalue weighted by Gasteiger charge is -2.24. The van der Waals surface area contributed by atoms with Crippen molar-refractivity contribution < 1.29 is 23.5 Å². The highest BCUT2D eigenvalue weighted by molar-refractivity contribution is 7.20. The van der Waals surface area contributed by atoms with Crippen LogP contribution < -0.4 is 21.9 Å². The molecule has 0 bridgehead atoms. The summed E-state index contributed by atoms with van der Waals surface area (Å²) in [7, 11) is 1.41. The molecule has 34 heavy (non-hydrogen) atoms. The number of carbonyl (C=O) groups excluding carboxylic acids is 2.